The highest BCUT2D eigenvalue weighted by molar-refractivity contribution is 8.00. The number of aromatic nitrogens is 2. The van der Waals surface area contributed by atoms with E-state index in [4.69, 9.17) is 9.72 Å². The number of benzene rings is 2. The number of carbonyl (C=O) groups is 1. The molecule has 1 aliphatic rings. The standard InChI is InChI=1S/C24H27N3O2S/c1-17-9-8-10-18(2)27(17)23(28)16-30-24-20-13-6-7-14-21(20)25-22(26-24)15-29-19-11-4-3-5-12-19/h3-7,11-14,17-18H,8-10,15-16H2,1-2H3/t17-,18-/m1/s1. The highest BCUT2D eigenvalue weighted by Crippen LogP contribution is 2.28. The van der Waals surface area contributed by atoms with Crippen LogP contribution >= 0.6 is 11.8 Å². The maximum Gasteiger partial charge on any atom is 0.233 e. The second kappa shape index (κ2) is 9.47. The molecule has 0 saturated carbocycles. The summed E-state index contributed by atoms with van der Waals surface area (Å²) in [6.45, 7) is 4.59. The van der Waals surface area contributed by atoms with Crippen LogP contribution in [0.5, 0.6) is 5.75 Å². The summed E-state index contributed by atoms with van der Waals surface area (Å²) in [5.41, 5.74) is 0.869. The fourth-order valence-corrected chi connectivity index (χ4v) is 4.96. The molecule has 30 heavy (non-hydrogen) atoms. The Labute approximate surface area is 181 Å². The van der Waals surface area contributed by atoms with Gasteiger partial charge in [0, 0.05) is 17.5 Å². The van der Waals surface area contributed by atoms with Crippen molar-refractivity contribution in [2.75, 3.05) is 5.75 Å². The van der Waals surface area contributed by atoms with Crippen molar-refractivity contribution in [1.82, 2.24) is 14.9 Å². The van der Waals surface area contributed by atoms with Crippen LogP contribution in [0, 0.1) is 0 Å². The summed E-state index contributed by atoms with van der Waals surface area (Å²) in [6.07, 6.45) is 3.36. The molecule has 1 amide bonds. The van der Waals surface area contributed by atoms with Gasteiger partial charge in [-0.3, -0.25) is 4.79 Å². The van der Waals surface area contributed by atoms with Crippen LogP contribution in [0.1, 0.15) is 38.9 Å². The summed E-state index contributed by atoms with van der Waals surface area (Å²) in [5, 5.41) is 1.80. The zero-order chi connectivity index (χ0) is 20.9. The summed E-state index contributed by atoms with van der Waals surface area (Å²) in [6, 6.07) is 18.2. The Kier molecular flexibility index (Phi) is 6.53. The minimum Gasteiger partial charge on any atom is -0.486 e. The number of hydrogen-bond acceptors (Lipinski definition) is 5. The summed E-state index contributed by atoms with van der Waals surface area (Å²) >= 11 is 1.49. The SMILES string of the molecule is C[C@@H]1CCC[C@@H](C)N1C(=O)CSc1nc(COc2ccccc2)nc2ccccc12. The minimum absolute atomic E-state index is 0.185. The zero-order valence-corrected chi connectivity index (χ0v) is 18.3. The van der Waals surface area contributed by atoms with Gasteiger partial charge >= 0.3 is 0 Å². The van der Waals surface area contributed by atoms with Gasteiger partial charge in [0.15, 0.2) is 5.82 Å². The maximum atomic E-state index is 13.0. The molecule has 2 heterocycles. The van der Waals surface area contributed by atoms with Crippen LogP contribution in [-0.4, -0.2) is 38.6 Å². The normalized spacial score (nSPS) is 19.1. The first kappa shape index (κ1) is 20.7. The molecule has 0 aliphatic carbocycles. The van der Waals surface area contributed by atoms with Gasteiger partial charge in [0.05, 0.1) is 11.3 Å². The van der Waals surface area contributed by atoms with E-state index >= 15 is 0 Å². The van der Waals surface area contributed by atoms with Crippen LogP contribution in [0.2, 0.25) is 0 Å². The highest BCUT2D eigenvalue weighted by atomic mass is 32.2. The molecule has 5 nitrogen and oxygen atoms in total. The maximum absolute atomic E-state index is 13.0. The Morgan fingerprint density at radius 2 is 1.73 bits per heavy atom. The Hall–Kier alpha value is -2.60. The quantitative estimate of drug-likeness (QED) is 0.410. The third-order valence-electron chi connectivity index (χ3n) is 5.54. The molecular formula is C24H27N3O2S. The van der Waals surface area contributed by atoms with E-state index in [1.807, 2.05) is 54.6 Å². The molecule has 2 aromatic carbocycles. The summed E-state index contributed by atoms with van der Waals surface area (Å²) < 4.78 is 5.84. The number of carbonyl (C=O) groups excluding carboxylic acids is 1. The Balaban J connectivity index is 1.51. The second-order valence-corrected chi connectivity index (χ2v) is 8.75. The van der Waals surface area contributed by atoms with Crippen molar-refractivity contribution >= 4 is 28.6 Å². The number of thioether (sulfide) groups is 1. The topological polar surface area (TPSA) is 55.3 Å². The Bertz CT molecular complexity index is 1000. The molecule has 0 unspecified atom stereocenters. The molecule has 1 aromatic heterocycles. The van der Waals surface area contributed by atoms with Crippen LogP contribution in [0.3, 0.4) is 0 Å². The molecule has 0 spiro atoms. The van der Waals surface area contributed by atoms with Gasteiger partial charge in [-0.2, -0.15) is 0 Å². The Morgan fingerprint density at radius 3 is 2.50 bits per heavy atom. The van der Waals surface area contributed by atoms with Gasteiger partial charge in [0.2, 0.25) is 5.91 Å². The third kappa shape index (κ3) is 4.75. The molecule has 6 heteroatoms. The van der Waals surface area contributed by atoms with E-state index in [0.29, 0.717) is 23.7 Å². The highest BCUT2D eigenvalue weighted by Gasteiger charge is 2.28. The van der Waals surface area contributed by atoms with Crippen molar-refractivity contribution in [3.05, 3.63) is 60.4 Å². The number of rotatable bonds is 6. The molecule has 156 valence electrons. The summed E-state index contributed by atoms with van der Waals surface area (Å²) in [7, 11) is 0. The lowest BCUT2D eigenvalue weighted by atomic mass is 9.98. The van der Waals surface area contributed by atoms with Crippen molar-refractivity contribution in [3.63, 3.8) is 0 Å². The van der Waals surface area contributed by atoms with Gasteiger partial charge in [-0.05, 0) is 51.3 Å². The molecule has 3 aromatic rings. The second-order valence-electron chi connectivity index (χ2n) is 7.78. The lowest BCUT2D eigenvalue weighted by Gasteiger charge is -2.39. The molecule has 1 saturated heterocycles. The molecule has 1 aliphatic heterocycles. The van der Waals surface area contributed by atoms with Crippen LogP contribution < -0.4 is 4.74 Å². The van der Waals surface area contributed by atoms with E-state index in [2.05, 4.69) is 23.7 Å². The lowest BCUT2D eigenvalue weighted by Crippen LogP contribution is -2.48. The van der Waals surface area contributed by atoms with Crippen molar-refractivity contribution in [3.8, 4) is 5.75 Å². The smallest absolute Gasteiger partial charge is 0.233 e. The predicted molar refractivity (Wildman–Crippen MR) is 121 cm³/mol. The van der Waals surface area contributed by atoms with E-state index in [1.165, 1.54) is 18.2 Å². The van der Waals surface area contributed by atoms with Crippen LogP contribution in [0.4, 0.5) is 0 Å². The molecule has 4 rings (SSSR count). The van der Waals surface area contributed by atoms with Gasteiger partial charge in [0.25, 0.3) is 0 Å². The number of amides is 1. The molecule has 0 bridgehead atoms. The molecule has 2 atom stereocenters. The lowest BCUT2D eigenvalue weighted by molar-refractivity contribution is -0.134. The van der Waals surface area contributed by atoms with Crippen molar-refractivity contribution < 1.29 is 9.53 Å². The fraction of sp³-hybridized carbons (Fsp3) is 0.375. The number of likely N-dealkylation sites (tertiary alicyclic amines) is 1. The molecule has 0 radical (unpaired) electrons. The van der Waals surface area contributed by atoms with Gasteiger partial charge in [-0.1, -0.05) is 48.2 Å². The molecular weight excluding hydrogens is 394 g/mol. The fourth-order valence-electron chi connectivity index (χ4n) is 4.05. The average Bonchev–Trinajstić information content (AvgIpc) is 2.76. The van der Waals surface area contributed by atoms with Crippen LogP contribution in [-0.2, 0) is 11.4 Å². The summed E-state index contributed by atoms with van der Waals surface area (Å²) in [4.78, 5) is 24.4. The predicted octanol–water partition coefficient (Wildman–Crippen LogP) is 5.09. The van der Waals surface area contributed by atoms with Crippen molar-refractivity contribution in [1.29, 1.82) is 0 Å². The van der Waals surface area contributed by atoms with E-state index in [9.17, 15) is 4.79 Å². The minimum atomic E-state index is 0.185. The van der Waals surface area contributed by atoms with Crippen molar-refractivity contribution in [2.24, 2.45) is 0 Å². The van der Waals surface area contributed by atoms with Crippen LogP contribution in [0.25, 0.3) is 10.9 Å². The number of piperidine rings is 1. The molecule has 0 N–H and O–H groups in total. The number of para-hydroxylation sites is 2. The average molecular weight is 422 g/mol. The molecule has 1 fully saturated rings. The first-order valence-corrected chi connectivity index (χ1v) is 11.5. The largest absolute Gasteiger partial charge is 0.486 e. The van der Waals surface area contributed by atoms with E-state index in [0.717, 1.165) is 34.5 Å². The first-order valence-electron chi connectivity index (χ1n) is 10.5. The monoisotopic (exact) mass is 421 g/mol. The van der Waals surface area contributed by atoms with E-state index in [-0.39, 0.29) is 12.5 Å². The Morgan fingerprint density at radius 1 is 1.03 bits per heavy atom. The zero-order valence-electron chi connectivity index (χ0n) is 17.5. The van der Waals surface area contributed by atoms with Gasteiger partial charge in [0.1, 0.15) is 17.4 Å². The number of hydrogen-bond donors (Lipinski definition) is 0. The first-order chi connectivity index (χ1) is 14.6. The van der Waals surface area contributed by atoms with Gasteiger partial charge in [-0.25, -0.2) is 9.97 Å². The third-order valence-corrected chi connectivity index (χ3v) is 6.52. The number of fused-ring (bicyclic) bond motifs is 1. The van der Waals surface area contributed by atoms with E-state index < -0.39 is 0 Å². The summed E-state index contributed by atoms with van der Waals surface area (Å²) in [5.74, 6) is 1.97. The number of ether oxygens (including phenoxy) is 1. The van der Waals surface area contributed by atoms with Crippen LogP contribution in [0.15, 0.2) is 59.6 Å². The number of nitrogens with zero attached hydrogens (tertiary/aromatic N) is 3. The van der Waals surface area contributed by atoms with Gasteiger partial charge in [-0.15, -0.1) is 0 Å². The van der Waals surface area contributed by atoms with Gasteiger partial charge < -0.3 is 9.64 Å². The van der Waals surface area contributed by atoms with Crippen molar-refractivity contribution in [2.45, 2.75) is 56.8 Å². The van der Waals surface area contributed by atoms with E-state index in [1.54, 1.807) is 0 Å².